The van der Waals surface area contributed by atoms with Crippen molar-refractivity contribution in [1.29, 1.82) is 0 Å². The summed E-state index contributed by atoms with van der Waals surface area (Å²) in [7, 11) is 1.61. The van der Waals surface area contributed by atoms with E-state index in [0.29, 0.717) is 42.9 Å². The summed E-state index contributed by atoms with van der Waals surface area (Å²) in [5.41, 5.74) is 1.50. The summed E-state index contributed by atoms with van der Waals surface area (Å²) in [4.78, 5) is 22.0. The summed E-state index contributed by atoms with van der Waals surface area (Å²) in [6.45, 7) is 7.09. The number of aryl methyl sites for hydroxylation is 1. The predicted molar refractivity (Wildman–Crippen MR) is 136 cm³/mol. The molecule has 0 aliphatic carbocycles. The van der Waals surface area contributed by atoms with Gasteiger partial charge in [0, 0.05) is 17.4 Å². The molecule has 0 bridgehead atoms. The first-order valence-electron chi connectivity index (χ1n) is 11.4. The van der Waals surface area contributed by atoms with Gasteiger partial charge in [-0.25, -0.2) is 4.98 Å². The number of nitrogens with one attached hydrogen (secondary N) is 3. The monoisotopic (exact) mass is 463 g/mol. The molecule has 3 N–H and O–H groups in total. The molecule has 0 spiro atoms. The molecule has 34 heavy (non-hydrogen) atoms. The van der Waals surface area contributed by atoms with Gasteiger partial charge >= 0.3 is 0 Å². The summed E-state index contributed by atoms with van der Waals surface area (Å²) in [6.07, 6.45) is 0.652. The normalized spacial score (nSPS) is 11.6. The number of carbonyl (C=O) groups excluding carboxylic acids is 1. The van der Waals surface area contributed by atoms with Crippen molar-refractivity contribution in [2.45, 2.75) is 33.2 Å². The van der Waals surface area contributed by atoms with Crippen LogP contribution >= 0.6 is 0 Å². The second-order valence-electron chi connectivity index (χ2n) is 8.35. The lowest BCUT2D eigenvalue weighted by molar-refractivity contribution is -0.117. The van der Waals surface area contributed by atoms with Crippen LogP contribution < -0.4 is 25.4 Å². The van der Waals surface area contributed by atoms with Gasteiger partial charge in [0.05, 0.1) is 13.7 Å². The van der Waals surface area contributed by atoms with Gasteiger partial charge in [0.1, 0.15) is 30.0 Å². The molecule has 180 valence electrons. The maximum absolute atomic E-state index is 13.0. The number of carbonyl (C=O) groups is 1. The van der Waals surface area contributed by atoms with Crippen LogP contribution in [0.2, 0.25) is 0 Å². The van der Waals surface area contributed by atoms with Crippen molar-refractivity contribution in [3.05, 3.63) is 66.4 Å². The van der Waals surface area contributed by atoms with Gasteiger partial charge in [0.25, 0.3) is 0 Å². The molecule has 1 atom stereocenters. The van der Waals surface area contributed by atoms with Crippen LogP contribution in [0.1, 0.15) is 26.0 Å². The largest absolute Gasteiger partial charge is 0.497 e. The Kier molecular flexibility index (Phi) is 9.08. The number of nitrogens with zero attached hydrogens (tertiary/aromatic N) is 2. The minimum absolute atomic E-state index is 0.124. The van der Waals surface area contributed by atoms with Crippen LogP contribution in [0.15, 0.2) is 60.7 Å². The highest BCUT2D eigenvalue weighted by molar-refractivity contribution is 5.96. The summed E-state index contributed by atoms with van der Waals surface area (Å²) in [5, 5.41) is 9.45. The standard InChI is InChI=1S/C26H33N5O3/c1-18(2)16-23(25(32)29-20-10-12-21(33-4)13-11-20)30-24-17-19(3)28-26(31-24)27-14-15-34-22-8-6-5-7-9-22/h5-13,17-18,23H,14-16H2,1-4H3,(H,29,32)(H2,27,28,30,31)/t23-/m0/s1. The van der Waals surface area contributed by atoms with Crippen LogP contribution in [0.3, 0.4) is 0 Å². The van der Waals surface area contributed by atoms with Gasteiger partial charge < -0.3 is 25.4 Å². The molecule has 0 aliphatic rings. The molecule has 3 aromatic rings. The zero-order valence-electron chi connectivity index (χ0n) is 20.2. The SMILES string of the molecule is COc1ccc(NC(=O)[C@H](CC(C)C)Nc2cc(C)nc(NCCOc3ccccc3)n2)cc1. The van der Waals surface area contributed by atoms with Gasteiger partial charge in [-0.05, 0) is 55.7 Å². The number of amides is 1. The number of anilines is 3. The van der Waals surface area contributed by atoms with E-state index in [0.717, 1.165) is 17.2 Å². The maximum Gasteiger partial charge on any atom is 0.246 e. The van der Waals surface area contributed by atoms with Crippen LogP contribution in [0.4, 0.5) is 17.5 Å². The van der Waals surface area contributed by atoms with Crippen molar-refractivity contribution in [2.75, 3.05) is 36.2 Å². The van der Waals surface area contributed by atoms with Gasteiger partial charge in [-0.2, -0.15) is 4.98 Å². The molecule has 1 aromatic heterocycles. The zero-order chi connectivity index (χ0) is 24.3. The zero-order valence-corrected chi connectivity index (χ0v) is 20.2. The number of ether oxygens (including phenoxy) is 2. The van der Waals surface area contributed by atoms with Crippen molar-refractivity contribution < 1.29 is 14.3 Å². The van der Waals surface area contributed by atoms with Gasteiger partial charge in [-0.1, -0.05) is 32.0 Å². The van der Waals surface area contributed by atoms with Crippen molar-refractivity contribution in [3.63, 3.8) is 0 Å². The smallest absolute Gasteiger partial charge is 0.246 e. The third-order valence-electron chi connectivity index (χ3n) is 4.95. The number of methoxy groups -OCH3 is 1. The Hall–Kier alpha value is -3.81. The molecule has 0 aliphatic heterocycles. The number of aromatic nitrogens is 2. The van der Waals surface area contributed by atoms with Crippen LogP contribution in [0, 0.1) is 12.8 Å². The van der Waals surface area contributed by atoms with E-state index in [9.17, 15) is 4.79 Å². The minimum Gasteiger partial charge on any atom is -0.497 e. The number of benzene rings is 2. The van der Waals surface area contributed by atoms with Crippen LogP contribution in [0.5, 0.6) is 11.5 Å². The Morgan fingerprint density at radius 1 is 1.00 bits per heavy atom. The molecule has 0 unspecified atom stereocenters. The van der Waals surface area contributed by atoms with Gasteiger partial charge in [-0.15, -0.1) is 0 Å². The number of para-hydroxylation sites is 1. The molecule has 8 nitrogen and oxygen atoms in total. The number of hydrogen-bond donors (Lipinski definition) is 3. The number of hydrogen-bond acceptors (Lipinski definition) is 7. The lowest BCUT2D eigenvalue weighted by Gasteiger charge is -2.21. The fourth-order valence-electron chi connectivity index (χ4n) is 3.36. The van der Waals surface area contributed by atoms with Gasteiger partial charge in [0.15, 0.2) is 0 Å². The lowest BCUT2D eigenvalue weighted by Crippen LogP contribution is -2.36. The topological polar surface area (TPSA) is 97.4 Å². The minimum atomic E-state index is -0.453. The van der Waals surface area contributed by atoms with E-state index in [2.05, 4.69) is 39.8 Å². The highest BCUT2D eigenvalue weighted by Gasteiger charge is 2.21. The molecule has 0 radical (unpaired) electrons. The third-order valence-corrected chi connectivity index (χ3v) is 4.95. The second-order valence-corrected chi connectivity index (χ2v) is 8.35. The van der Waals surface area contributed by atoms with E-state index in [1.54, 1.807) is 7.11 Å². The molecular formula is C26H33N5O3. The quantitative estimate of drug-likeness (QED) is 0.334. The fraction of sp³-hybridized carbons (Fsp3) is 0.346. The molecular weight excluding hydrogens is 430 g/mol. The van der Waals surface area contributed by atoms with Crippen LogP contribution in [0.25, 0.3) is 0 Å². The summed E-state index contributed by atoms with van der Waals surface area (Å²) >= 11 is 0. The first-order chi connectivity index (χ1) is 16.4. The molecule has 2 aromatic carbocycles. The summed E-state index contributed by atoms with van der Waals surface area (Å²) in [5.74, 6) is 2.82. The molecule has 3 rings (SSSR count). The molecule has 8 heteroatoms. The molecule has 0 fully saturated rings. The summed E-state index contributed by atoms with van der Waals surface area (Å²) < 4.78 is 10.9. The Balaban J connectivity index is 1.62. The fourth-order valence-corrected chi connectivity index (χ4v) is 3.36. The van der Waals surface area contributed by atoms with E-state index in [1.165, 1.54) is 0 Å². The van der Waals surface area contributed by atoms with E-state index >= 15 is 0 Å². The van der Waals surface area contributed by atoms with Crippen molar-refractivity contribution >= 4 is 23.4 Å². The molecule has 1 amide bonds. The molecule has 0 saturated heterocycles. The van der Waals surface area contributed by atoms with Gasteiger partial charge in [-0.3, -0.25) is 4.79 Å². The maximum atomic E-state index is 13.0. The Labute approximate surface area is 201 Å². The van der Waals surface area contributed by atoms with E-state index in [1.807, 2.05) is 67.6 Å². The average molecular weight is 464 g/mol. The Morgan fingerprint density at radius 2 is 1.74 bits per heavy atom. The highest BCUT2D eigenvalue weighted by atomic mass is 16.5. The van der Waals surface area contributed by atoms with E-state index in [-0.39, 0.29) is 5.91 Å². The van der Waals surface area contributed by atoms with Crippen molar-refractivity contribution in [2.24, 2.45) is 5.92 Å². The Morgan fingerprint density at radius 3 is 2.41 bits per heavy atom. The van der Waals surface area contributed by atoms with Crippen LogP contribution in [-0.4, -0.2) is 42.2 Å². The number of rotatable bonds is 12. The lowest BCUT2D eigenvalue weighted by atomic mass is 10.0. The van der Waals surface area contributed by atoms with Gasteiger partial charge in [0.2, 0.25) is 11.9 Å². The highest BCUT2D eigenvalue weighted by Crippen LogP contribution is 2.18. The first kappa shape index (κ1) is 24.8. The average Bonchev–Trinajstić information content (AvgIpc) is 2.82. The van der Waals surface area contributed by atoms with Crippen molar-refractivity contribution in [3.8, 4) is 11.5 Å². The predicted octanol–water partition coefficient (Wildman–Crippen LogP) is 4.75. The molecule has 1 heterocycles. The van der Waals surface area contributed by atoms with Crippen LogP contribution in [-0.2, 0) is 4.79 Å². The Bertz CT molecular complexity index is 1040. The first-order valence-corrected chi connectivity index (χ1v) is 11.4. The molecule has 0 saturated carbocycles. The van der Waals surface area contributed by atoms with E-state index in [4.69, 9.17) is 9.47 Å². The second kappa shape index (κ2) is 12.4. The van der Waals surface area contributed by atoms with Crippen molar-refractivity contribution in [1.82, 2.24) is 9.97 Å². The van der Waals surface area contributed by atoms with E-state index < -0.39 is 6.04 Å². The summed E-state index contributed by atoms with van der Waals surface area (Å²) in [6, 6.07) is 18.3. The third kappa shape index (κ3) is 7.95.